The van der Waals surface area contributed by atoms with Gasteiger partial charge in [-0.15, -0.1) is 12.4 Å². The topological polar surface area (TPSA) is 91.8 Å². The van der Waals surface area contributed by atoms with Crippen LogP contribution in [-0.2, 0) is 0 Å². The summed E-state index contributed by atoms with van der Waals surface area (Å²) in [5.41, 5.74) is 2.88. The van der Waals surface area contributed by atoms with Crippen LogP contribution < -0.4 is 16.0 Å². The summed E-state index contributed by atoms with van der Waals surface area (Å²) in [6.07, 6.45) is 5.11. The average molecular weight is 371 g/mol. The number of carbonyl (C=O) groups excluding carboxylic acids is 1. The molecule has 3 rings (SSSR count). The number of carbonyl (C=O) groups is 1. The summed E-state index contributed by atoms with van der Waals surface area (Å²) in [5, 5.41) is 8.95. The molecule has 0 spiro atoms. The normalized spacial score (nSPS) is 9.77. The fraction of sp³-hybridized carbons (Fsp3) is 0.111. The lowest BCUT2D eigenvalue weighted by atomic mass is 10.1. The Labute approximate surface area is 157 Å². The van der Waals surface area contributed by atoms with Gasteiger partial charge >= 0.3 is 0 Å². The van der Waals surface area contributed by atoms with E-state index in [9.17, 15) is 4.79 Å². The zero-order valence-electron chi connectivity index (χ0n) is 14.4. The molecule has 3 aromatic rings. The number of hydrogen-bond donors (Lipinski definition) is 3. The van der Waals surface area contributed by atoms with E-state index in [1.165, 1.54) is 0 Å². The van der Waals surface area contributed by atoms with E-state index in [4.69, 9.17) is 0 Å². The van der Waals surface area contributed by atoms with Crippen molar-refractivity contribution in [1.82, 2.24) is 20.3 Å². The lowest BCUT2D eigenvalue weighted by Crippen LogP contribution is -2.19. The predicted molar refractivity (Wildman–Crippen MR) is 105 cm³/mol. The van der Waals surface area contributed by atoms with E-state index >= 15 is 0 Å². The van der Waals surface area contributed by atoms with E-state index in [0.29, 0.717) is 23.0 Å². The van der Waals surface area contributed by atoms with E-state index in [0.717, 1.165) is 11.3 Å². The SMILES string of the molecule is CNC(=O)c1ccccc1Nc1nc(Nc2cccnc2)ncc1C.Cl. The molecule has 0 radical (unpaired) electrons. The number of nitrogens with one attached hydrogen (secondary N) is 3. The van der Waals surface area contributed by atoms with Crippen LogP contribution in [0.2, 0.25) is 0 Å². The number of pyridine rings is 1. The minimum atomic E-state index is -0.163. The summed E-state index contributed by atoms with van der Waals surface area (Å²) in [4.78, 5) is 24.8. The zero-order valence-corrected chi connectivity index (χ0v) is 15.2. The van der Waals surface area contributed by atoms with Gasteiger partial charge in [0, 0.05) is 25.0 Å². The standard InChI is InChI=1S/C18H18N6O.ClH/c1-12-10-21-18(22-13-6-5-9-20-11-13)24-16(12)23-15-8-4-3-7-14(15)17(25)19-2;/h3-11H,1-2H3,(H,19,25)(H2,21,22,23,24);1H. The van der Waals surface area contributed by atoms with Crippen LogP contribution in [0.25, 0.3) is 0 Å². The third-order valence-corrected chi connectivity index (χ3v) is 3.54. The zero-order chi connectivity index (χ0) is 17.6. The molecule has 0 aliphatic heterocycles. The predicted octanol–water partition coefficient (Wildman–Crippen LogP) is 3.45. The summed E-state index contributed by atoms with van der Waals surface area (Å²) in [7, 11) is 1.60. The first-order valence-electron chi connectivity index (χ1n) is 7.76. The minimum Gasteiger partial charge on any atom is -0.355 e. The van der Waals surface area contributed by atoms with Crippen molar-refractivity contribution in [3.8, 4) is 0 Å². The van der Waals surface area contributed by atoms with Gasteiger partial charge in [-0.25, -0.2) is 4.98 Å². The largest absolute Gasteiger partial charge is 0.355 e. The number of halogens is 1. The first-order chi connectivity index (χ1) is 12.2. The molecular weight excluding hydrogens is 352 g/mol. The number of aryl methyl sites for hydroxylation is 1. The van der Waals surface area contributed by atoms with Crippen molar-refractivity contribution >= 4 is 41.5 Å². The van der Waals surface area contributed by atoms with Gasteiger partial charge < -0.3 is 16.0 Å². The molecule has 0 aliphatic rings. The Morgan fingerprint density at radius 3 is 2.58 bits per heavy atom. The second-order valence-corrected chi connectivity index (χ2v) is 5.34. The Bertz CT molecular complexity index is 888. The molecule has 0 bridgehead atoms. The van der Waals surface area contributed by atoms with Crippen LogP contribution >= 0.6 is 12.4 Å². The number of nitrogens with zero attached hydrogens (tertiary/aromatic N) is 3. The highest BCUT2D eigenvalue weighted by molar-refractivity contribution is 6.00. The fourth-order valence-electron chi connectivity index (χ4n) is 2.25. The molecule has 2 aromatic heterocycles. The van der Waals surface area contributed by atoms with Crippen LogP contribution in [0.4, 0.5) is 23.1 Å². The summed E-state index contributed by atoms with van der Waals surface area (Å²) in [6, 6.07) is 11.0. The highest BCUT2D eigenvalue weighted by Gasteiger charge is 2.11. The van der Waals surface area contributed by atoms with E-state index in [1.54, 1.807) is 31.7 Å². The number of benzene rings is 1. The molecule has 134 valence electrons. The van der Waals surface area contributed by atoms with Crippen molar-refractivity contribution in [2.24, 2.45) is 0 Å². The lowest BCUT2D eigenvalue weighted by molar-refractivity contribution is 0.0964. The van der Waals surface area contributed by atoms with Crippen molar-refractivity contribution in [3.05, 3.63) is 66.1 Å². The molecule has 2 heterocycles. The van der Waals surface area contributed by atoms with Gasteiger partial charge in [-0.3, -0.25) is 9.78 Å². The fourth-order valence-corrected chi connectivity index (χ4v) is 2.25. The molecule has 3 N–H and O–H groups in total. The molecule has 7 nitrogen and oxygen atoms in total. The molecule has 0 unspecified atom stereocenters. The van der Waals surface area contributed by atoms with Gasteiger partial charge in [0.1, 0.15) is 5.82 Å². The van der Waals surface area contributed by atoms with E-state index in [1.807, 2.05) is 37.3 Å². The average Bonchev–Trinajstić information content (AvgIpc) is 2.65. The summed E-state index contributed by atoms with van der Waals surface area (Å²) in [5.74, 6) is 0.903. The van der Waals surface area contributed by atoms with Crippen LogP contribution in [0, 0.1) is 6.92 Å². The van der Waals surface area contributed by atoms with Crippen LogP contribution in [0.5, 0.6) is 0 Å². The molecule has 0 saturated heterocycles. The van der Waals surface area contributed by atoms with Gasteiger partial charge in [-0.05, 0) is 31.2 Å². The highest BCUT2D eigenvalue weighted by atomic mass is 35.5. The van der Waals surface area contributed by atoms with Crippen LogP contribution in [0.15, 0.2) is 55.0 Å². The Hall–Kier alpha value is -3.19. The third kappa shape index (κ3) is 4.46. The maximum absolute atomic E-state index is 12.0. The van der Waals surface area contributed by atoms with Crippen molar-refractivity contribution < 1.29 is 4.79 Å². The van der Waals surface area contributed by atoms with Gasteiger partial charge in [-0.2, -0.15) is 4.98 Å². The molecule has 8 heteroatoms. The van der Waals surface area contributed by atoms with Crippen molar-refractivity contribution in [2.45, 2.75) is 6.92 Å². The summed E-state index contributed by atoms with van der Waals surface area (Å²) in [6.45, 7) is 1.90. The number of aromatic nitrogens is 3. The van der Waals surface area contributed by atoms with Crippen molar-refractivity contribution in [1.29, 1.82) is 0 Å². The number of anilines is 4. The second kappa shape index (κ2) is 8.77. The number of para-hydroxylation sites is 1. The smallest absolute Gasteiger partial charge is 0.253 e. The molecule has 0 atom stereocenters. The summed E-state index contributed by atoms with van der Waals surface area (Å²) < 4.78 is 0. The van der Waals surface area contributed by atoms with E-state index in [2.05, 4.69) is 30.9 Å². The molecule has 0 fully saturated rings. The number of amides is 1. The van der Waals surface area contributed by atoms with Crippen LogP contribution in [-0.4, -0.2) is 27.9 Å². The van der Waals surface area contributed by atoms with Crippen LogP contribution in [0.1, 0.15) is 15.9 Å². The van der Waals surface area contributed by atoms with E-state index in [-0.39, 0.29) is 18.3 Å². The van der Waals surface area contributed by atoms with Gasteiger partial charge in [-0.1, -0.05) is 12.1 Å². The lowest BCUT2D eigenvalue weighted by Gasteiger charge is -2.13. The second-order valence-electron chi connectivity index (χ2n) is 5.34. The quantitative estimate of drug-likeness (QED) is 0.637. The molecule has 1 aromatic carbocycles. The highest BCUT2D eigenvalue weighted by Crippen LogP contribution is 2.23. The minimum absolute atomic E-state index is 0. The molecule has 0 aliphatic carbocycles. The maximum atomic E-state index is 12.0. The van der Waals surface area contributed by atoms with Gasteiger partial charge in [0.25, 0.3) is 5.91 Å². The molecule has 26 heavy (non-hydrogen) atoms. The Morgan fingerprint density at radius 2 is 1.85 bits per heavy atom. The van der Waals surface area contributed by atoms with Crippen molar-refractivity contribution in [3.63, 3.8) is 0 Å². The Kier molecular flexibility index (Phi) is 6.46. The monoisotopic (exact) mass is 370 g/mol. The molecule has 0 saturated carbocycles. The summed E-state index contributed by atoms with van der Waals surface area (Å²) >= 11 is 0. The first kappa shape index (κ1) is 19.1. The molecule has 1 amide bonds. The number of rotatable bonds is 5. The van der Waals surface area contributed by atoms with Gasteiger partial charge in [0.05, 0.1) is 23.1 Å². The van der Waals surface area contributed by atoms with E-state index < -0.39 is 0 Å². The van der Waals surface area contributed by atoms with Gasteiger partial charge in [0.2, 0.25) is 5.95 Å². The molecular formula is C18H19ClN6O. The van der Waals surface area contributed by atoms with Gasteiger partial charge in [0.15, 0.2) is 0 Å². The third-order valence-electron chi connectivity index (χ3n) is 3.54. The van der Waals surface area contributed by atoms with Crippen molar-refractivity contribution in [2.75, 3.05) is 17.7 Å². The van der Waals surface area contributed by atoms with Crippen LogP contribution in [0.3, 0.4) is 0 Å². The number of hydrogen-bond acceptors (Lipinski definition) is 6. The Balaban J connectivity index is 0.00000243. The maximum Gasteiger partial charge on any atom is 0.253 e. The Morgan fingerprint density at radius 1 is 1.04 bits per heavy atom. The first-order valence-corrected chi connectivity index (χ1v) is 7.76.